The van der Waals surface area contributed by atoms with Crippen LogP contribution in [-0.4, -0.2) is 30.0 Å². The van der Waals surface area contributed by atoms with E-state index in [9.17, 15) is 9.90 Å². The molecule has 1 fully saturated rings. The van der Waals surface area contributed by atoms with E-state index in [4.69, 9.17) is 0 Å². The van der Waals surface area contributed by atoms with Crippen LogP contribution in [0.1, 0.15) is 41.3 Å². The lowest BCUT2D eigenvalue weighted by Gasteiger charge is -2.35. The number of quaternary nitrogens is 1. The molecule has 1 aliphatic heterocycles. The summed E-state index contributed by atoms with van der Waals surface area (Å²) in [6.45, 7) is 1.41. The predicted molar refractivity (Wildman–Crippen MR) is 90.5 cm³/mol. The summed E-state index contributed by atoms with van der Waals surface area (Å²) in [6.07, 6.45) is 2.70. The molecular weight excluding hydrogens is 322 g/mol. The maximum absolute atomic E-state index is 12.5. The Balaban J connectivity index is 0.00000208. The van der Waals surface area contributed by atoms with Crippen LogP contribution in [0.2, 0.25) is 0 Å². The van der Waals surface area contributed by atoms with Gasteiger partial charge in [0.1, 0.15) is 18.7 Å². The Morgan fingerprint density at radius 2 is 1.67 bits per heavy atom. The molecule has 0 amide bonds. The average Bonchev–Trinajstić information content (AvgIpc) is 2.63. The van der Waals surface area contributed by atoms with Crippen molar-refractivity contribution in [3.63, 3.8) is 0 Å². The zero-order valence-corrected chi connectivity index (χ0v) is 14.5. The van der Waals surface area contributed by atoms with Crippen LogP contribution in [0.3, 0.4) is 0 Å². The maximum Gasteiger partial charge on any atom is 0.216 e. The van der Waals surface area contributed by atoms with E-state index in [-0.39, 0.29) is 24.2 Å². The fourth-order valence-corrected chi connectivity index (χ4v) is 3.52. The van der Waals surface area contributed by atoms with Gasteiger partial charge in [0.25, 0.3) is 0 Å². The second-order valence-corrected chi connectivity index (χ2v) is 6.33. The lowest BCUT2D eigenvalue weighted by molar-refractivity contribution is -0.927. The Kier molecular flexibility index (Phi) is 6.98. The van der Waals surface area contributed by atoms with Crippen LogP contribution < -0.4 is 17.3 Å². The lowest BCUT2D eigenvalue weighted by Crippen LogP contribution is -3.17. The normalized spacial score (nSPS) is 21.5. The highest BCUT2D eigenvalue weighted by atomic mass is 35.5. The van der Waals surface area contributed by atoms with Crippen molar-refractivity contribution in [2.45, 2.75) is 31.4 Å². The minimum atomic E-state index is -0.505. The van der Waals surface area contributed by atoms with Gasteiger partial charge in [0.2, 0.25) is 5.78 Å². The van der Waals surface area contributed by atoms with Crippen LogP contribution in [0.5, 0.6) is 0 Å². The van der Waals surface area contributed by atoms with E-state index in [1.54, 1.807) is 0 Å². The topological polar surface area (TPSA) is 41.7 Å². The number of halogens is 1. The molecule has 1 aliphatic rings. The van der Waals surface area contributed by atoms with Crippen molar-refractivity contribution < 1.29 is 27.2 Å². The molecule has 3 rings (SSSR count). The number of nitrogens with one attached hydrogen (secondary N) is 1. The summed E-state index contributed by atoms with van der Waals surface area (Å²) < 4.78 is 0. The van der Waals surface area contributed by atoms with Crippen molar-refractivity contribution >= 4 is 5.78 Å². The van der Waals surface area contributed by atoms with Gasteiger partial charge in [-0.1, -0.05) is 60.7 Å². The Labute approximate surface area is 149 Å². The monoisotopic (exact) mass is 345 g/mol. The first kappa shape index (κ1) is 18.7. The number of aliphatic hydroxyl groups excluding tert-OH is 1. The molecular formula is C20H24ClNO2. The fraction of sp³-hybridized carbons (Fsp3) is 0.350. The van der Waals surface area contributed by atoms with Crippen LogP contribution in [0.15, 0.2) is 60.7 Å². The summed E-state index contributed by atoms with van der Waals surface area (Å²) in [6, 6.07) is 19.4. The number of carbonyl (C=O) groups excluding carboxylic acids is 1. The number of carbonyl (C=O) groups is 1. The minimum Gasteiger partial charge on any atom is -1.00 e. The first-order valence-electron chi connectivity index (χ1n) is 8.41. The van der Waals surface area contributed by atoms with Gasteiger partial charge in [-0.25, -0.2) is 0 Å². The molecule has 0 aromatic heterocycles. The minimum absolute atomic E-state index is 0. The summed E-state index contributed by atoms with van der Waals surface area (Å²) in [4.78, 5) is 13.7. The van der Waals surface area contributed by atoms with Gasteiger partial charge in [-0.05, 0) is 18.4 Å². The van der Waals surface area contributed by atoms with Gasteiger partial charge < -0.3 is 22.4 Å². The van der Waals surface area contributed by atoms with Crippen LogP contribution in [-0.2, 0) is 0 Å². The molecule has 2 aromatic rings. The van der Waals surface area contributed by atoms with Gasteiger partial charge in [-0.3, -0.25) is 4.79 Å². The van der Waals surface area contributed by atoms with Gasteiger partial charge in [-0.15, -0.1) is 0 Å². The third-order valence-corrected chi connectivity index (χ3v) is 4.79. The second-order valence-electron chi connectivity index (χ2n) is 6.33. The molecule has 4 heteroatoms. The third kappa shape index (κ3) is 4.44. The number of hydrogen-bond acceptors (Lipinski definition) is 2. The number of piperidine rings is 1. The van der Waals surface area contributed by atoms with E-state index in [2.05, 4.69) is 0 Å². The van der Waals surface area contributed by atoms with Crippen molar-refractivity contribution in [3.8, 4) is 0 Å². The first-order chi connectivity index (χ1) is 11.3. The van der Waals surface area contributed by atoms with Gasteiger partial charge in [-0.2, -0.15) is 0 Å². The molecule has 0 saturated carbocycles. The number of aliphatic hydroxyl groups is 1. The number of likely N-dealkylation sites (tertiary alicyclic amines) is 1. The molecule has 2 N–H and O–H groups in total. The number of Topliss-reactive ketones (excluding diaryl/α,β-unsaturated/α-hetero) is 1. The van der Waals surface area contributed by atoms with E-state index in [1.165, 1.54) is 4.90 Å². The molecule has 128 valence electrons. The quantitative estimate of drug-likeness (QED) is 0.686. The molecule has 0 spiro atoms. The number of ketones is 1. The van der Waals surface area contributed by atoms with Crippen LogP contribution in [0.4, 0.5) is 0 Å². The molecule has 0 aliphatic carbocycles. The first-order valence-corrected chi connectivity index (χ1v) is 8.41. The van der Waals surface area contributed by atoms with Gasteiger partial charge in [0, 0.05) is 12.0 Å². The Morgan fingerprint density at radius 1 is 1.04 bits per heavy atom. The molecule has 1 heterocycles. The van der Waals surface area contributed by atoms with E-state index in [0.717, 1.165) is 36.9 Å². The zero-order valence-electron chi connectivity index (χ0n) is 13.7. The molecule has 3 nitrogen and oxygen atoms in total. The highest BCUT2D eigenvalue weighted by Crippen LogP contribution is 2.20. The van der Waals surface area contributed by atoms with Crippen molar-refractivity contribution in [2.75, 3.05) is 13.1 Å². The summed E-state index contributed by atoms with van der Waals surface area (Å²) in [5, 5.41) is 10.8. The smallest absolute Gasteiger partial charge is 0.216 e. The summed E-state index contributed by atoms with van der Waals surface area (Å²) >= 11 is 0. The highest BCUT2D eigenvalue weighted by molar-refractivity contribution is 5.96. The van der Waals surface area contributed by atoms with E-state index >= 15 is 0 Å². The zero-order chi connectivity index (χ0) is 16.1. The summed E-state index contributed by atoms with van der Waals surface area (Å²) in [7, 11) is 0. The van der Waals surface area contributed by atoms with E-state index in [1.807, 2.05) is 60.7 Å². The molecule has 2 aromatic carbocycles. The molecule has 0 bridgehead atoms. The average molecular weight is 346 g/mol. The maximum atomic E-state index is 12.5. The number of benzene rings is 2. The summed E-state index contributed by atoms with van der Waals surface area (Å²) in [5.41, 5.74) is 1.71. The SMILES string of the molecule is O=C(C[NH+]1CCCCC1C(O)c1ccccc1)c1ccccc1.[Cl-]. The van der Waals surface area contributed by atoms with Gasteiger partial charge in [0.05, 0.1) is 6.54 Å². The lowest BCUT2D eigenvalue weighted by atomic mass is 9.92. The van der Waals surface area contributed by atoms with Crippen molar-refractivity contribution in [3.05, 3.63) is 71.8 Å². The summed E-state index contributed by atoms with van der Waals surface area (Å²) in [5.74, 6) is 0.160. The molecule has 1 saturated heterocycles. The third-order valence-electron chi connectivity index (χ3n) is 4.79. The van der Waals surface area contributed by atoms with Crippen molar-refractivity contribution in [2.24, 2.45) is 0 Å². The standard InChI is InChI=1S/C20H23NO2.ClH/c22-19(16-9-3-1-4-10-16)15-21-14-8-7-13-18(21)20(23)17-11-5-2-6-12-17;/h1-6,9-12,18,20,23H,7-8,13-15H2;1H. The van der Waals surface area contributed by atoms with Crippen LogP contribution in [0, 0.1) is 0 Å². The Morgan fingerprint density at radius 3 is 2.33 bits per heavy atom. The Bertz CT molecular complexity index is 633. The fourth-order valence-electron chi connectivity index (χ4n) is 3.52. The van der Waals surface area contributed by atoms with Gasteiger partial charge >= 0.3 is 0 Å². The van der Waals surface area contributed by atoms with Crippen LogP contribution >= 0.6 is 0 Å². The molecule has 3 unspecified atom stereocenters. The van der Waals surface area contributed by atoms with Crippen LogP contribution in [0.25, 0.3) is 0 Å². The number of hydrogen-bond donors (Lipinski definition) is 2. The van der Waals surface area contributed by atoms with E-state index in [0.29, 0.717) is 6.54 Å². The second kappa shape index (κ2) is 8.97. The predicted octanol–water partition coefficient (Wildman–Crippen LogP) is -0.956. The van der Waals surface area contributed by atoms with E-state index < -0.39 is 6.10 Å². The van der Waals surface area contributed by atoms with Crippen molar-refractivity contribution in [1.29, 1.82) is 0 Å². The molecule has 3 atom stereocenters. The molecule has 0 radical (unpaired) electrons. The van der Waals surface area contributed by atoms with Crippen molar-refractivity contribution in [1.82, 2.24) is 0 Å². The number of rotatable bonds is 5. The largest absolute Gasteiger partial charge is 1.00 e. The molecule has 24 heavy (non-hydrogen) atoms. The Hall–Kier alpha value is -1.68. The van der Waals surface area contributed by atoms with Gasteiger partial charge in [0.15, 0.2) is 0 Å². The highest BCUT2D eigenvalue weighted by Gasteiger charge is 2.34.